The Morgan fingerprint density at radius 2 is 1.90 bits per heavy atom. The van der Waals surface area contributed by atoms with Gasteiger partial charge in [-0.15, -0.1) is 0 Å². The van der Waals surface area contributed by atoms with Crippen molar-refractivity contribution in [2.75, 3.05) is 24.5 Å². The molecule has 2 saturated heterocycles. The second-order valence-corrected chi connectivity index (χ2v) is 8.55. The van der Waals surface area contributed by atoms with Crippen LogP contribution in [0.2, 0.25) is 0 Å². The normalized spacial score (nSPS) is 24.7. The summed E-state index contributed by atoms with van der Waals surface area (Å²) in [5, 5.41) is 12.1. The Kier molecular flexibility index (Phi) is 9.10. The van der Waals surface area contributed by atoms with Gasteiger partial charge in [0.05, 0.1) is 18.8 Å². The van der Waals surface area contributed by atoms with Gasteiger partial charge >= 0.3 is 5.97 Å². The summed E-state index contributed by atoms with van der Waals surface area (Å²) >= 11 is 0. The van der Waals surface area contributed by atoms with Gasteiger partial charge in [-0.25, -0.2) is 0 Å². The van der Waals surface area contributed by atoms with Gasteiger partial charge in [0.2, 0.25) is 5.91 Å². The van der Waals surface area contributed by atoms with E-state index in [2.05, 4.69) is 17.5 Å². The van der Waals surface area contributed by atoms with Gasteiger partial charge < -0.3 is 20.1 Å². The fraction of sp³-hybridized carbons (Fsp3) is 0.600. The van der Waals surface area contributed by atoms with Gasteiger partial charge in [-0.1, -0.05) is 30.4 Å². The number of aliphatic carboxylic acids is 1. The number of nitrogens with one attached hydrogen (secondary N) is 1. The molecule has 0 spiro atoms. The molecule has 2 aliphatic heterocycles. The highest BCUT2D eigenvalue weighted by molar-refractivity contribution is 5.94. The van der Waals surface area contributed by atoms with Crippen molar-refractivity contribution >= 4 is 17.6 Å². The van der Waals surface area contributed by atoms with E-state index in [1.165, 1.54) is 0 Å². The van der Waals surface area contributed by atoms with E-state index in [0.717, 1.165) is 44.3 Å². The molecule has 1 amide bonds. The maximum absolute atomic E-state index is 12.6. The average Bonchev–Trinajstić information content (AvgIpc) is 3.37. The molecule has 2 bridgehead atoms. The lowest BCUT2D eigenvalue weighted by Crippen LogP contribution is -2.39. The number of anilines is 1. The molecule has 6 nitrogen and oxygen atoms in total. The van der Waals surface area contributed by atoms with E-state index in [1.54, 1.807) is 0 Å². The quantitative estimate of drug-likeness (QED) is 0.367. The van der Waals surface area contributed by atoms with Gasteiger partial charge in [0.25, 0.3) is 0 Å². The van der Waals surface area contributed by atoms with Gasteiger partial charge in [-0.05, 0) is 76.0 Å². The van der Waals surface area contributed by atoms with Crippen LogP contribution < -0.4 is 10.2 Å². The van der Waals surface area contributed by atoms with E-state index in [0.29, 0.717) is 43.6 Å². The van der Waals surface area contributed by atoms with Gasteiger partial charge in [0.1, 0.15) is 0 Å². The maximum atomic E-state index is 12.6. The predicted molar refractivity (Wildman–Crippen MR) is 122 cm³/mol. The molecular formula is C25H36N2O4. The van der Waals surface area contributed by atoms with Crippen LogP contribution in [0, 0.1) is 11.8 Å². The van der Waals surface area contributed by atoms with Crippen LogP contribution >= 0.6 is 0 Å². The van der Waals surface area contributed by atoms with Gasteiger partial charge in [0, 0.05) is 18.7 Å². The maximum Gasteiger partial charge on any atom is 0.303 e. The van der Waals surface area contributed by atoms with E-state index >= 15 is 0 Å². The molecule has 3 rings (SSSR count). The van der Waals surface area contributed by atoms with Gasteiger partial charge in [-0.3, -0.25) is 9.59 Å². The molecule has 2 N–H and O–H groups in total. The van der Waals surface area contributed by atoms with Crippen LogP contribution in [0.15, 0.2) is 42.5 Å². The second kappa shape index (κ2) is 12.0. The summed E-state index contributed by atoms with van der Waals surface area (Å²) in [5.41, 5.74) is 0.938. The van der Waals surface area contributed by atoms with E-state index < -0.39 is 5.97 Å². The molecule has 2 heterocycles. The Bertz CT molecular complexity index is 736. The number of nitrogens with zero attached hydrogens (tertiary/aromatic N) is 1. The van der Waals surface area contributed by atoms with E-state index in [4.69, 9.17) is 9.84 Å². The highest BCUT2D eigenvalue weighted by Gasteiger charge is 2.47. The number of para-hydroxylation sites is 1. The zero-order chi connectivity index (χ0) is 22.1. The lowest BCUT2D eigenvalue weighted by Gasteiger charge is -2.27. The Balaban J connectivity index is 1.40. The van der Waals surface area contributed by atoms with Crippen LogP contribution in [0.4, 0.5) is 5.69 Å². The standard InChI is InChI=1S/C25H36N2O4/c1-2-27(19-10-6-5-7-11-19)24(28)18-26-17-16-21-20(22-14-15-23(21)31-22)12-8-3-4-9-13-25(29)30/h3,5-8,10-11,20-23,26H,2,4,9,12-18H2,1H3,(H,29,30)/t20-,21+,22-,23+/m1/s1. The average molecular weight is 429 g/mol. The number of hydrogen-bond donors (Lipinski definition) is 2. The molecular weight excluding hydrogens is 392 g/mol. The third-order valence-corrected chi connectivity index (χ3v) is 6.54. The zero-order valence-electron chi connectivity index (χ0n) is 18.5. The van der Waals surface area contributed by atoms with Crippen molar-refractivity contribution in [1.82, 2.24) is 5.32 Å². The molecule has 2 fully saturated rings. The first kappa shape index (κ1) is 23.5. The van der Waals surface area contributed by atoms with Crippen LogP contribution in [-0.4, -0.2) is 48.8 Å². The lowest BCUT2D eigenvalue weighted by atomic mass is 9.76. The molecule has 0 unspecified atom stereocenters. The number of carbonyl (C=O) groups excluding carboxylic acids is 1. The van der Waals surface area contributed by atoms with Crippen LogP contribution in [-0.2, 0) is 14.3 Å². The number of benzene rings is 1. The van der Waals surface area contributed by atoms with E-state index in [9.17, 15) is 9.59 Å². The number of fused-ring (bicyclic) bond motifs is 2. The number of carboxylic acids is 1. The first-order valence-corrected chi connectivity index (χ1v) is 11.7. The van der Waals surface area contributed by atoms with Crippen molar-refractivity contribution in [2.24, 2.45) is 11.8 Å². The number of ether oxygens (including phenoxy) is 1. The van der Waals surface area contributed by atoms with Crippen LogP contribution in [0.5, 0.6) is 0 Å². The fourth-order valence-corrected chi connectivity index (χ4v) is 5.01. The van der Waals surface area contributed by atoms with Crippen molar-refractivity contribution < 1.29 is 19.4 Å². The summed E-state index contributed by atoms with van der Waals surface area (Å²) < 4.78 is 6.18. The largest absolute Gasteiger partial charge is 0.481 e. The molecule has 0 radical (unpaired) electrons. The second-order valence-electron chi connectivity index (χ2n) is 8.55. The molecule has 1 aromatic rings. The Morgan fingerprint density at radius 1 is 1.16 bits per heavy atom. The number of carbonyl (C=O) groups is 2. The van der Waals surface area contributed by atoms with E-state index in [-0.39, 0.29) is 12.3 Å². The highest BCUT2D eigenvalue weighted by Crippen LogP contribution is 2.46. The summed E-state index contributed by atoms with van der Waals surface area (Å²) in [4.78, 5) is 25.0. The molecule has 6 heteroatoms. The van der Waals surface area contributed by atoms with Crippen LogP contribution in [0.25, 0.3) is 0 Å². The van der Waals surface area contributed by atoms with Crippen molar-refractivity contribution in [3.63, 3.8) is 0 Å². The summed E-state index contributed by atoms with van der Waals surface area (Å²) in [7, 11) is 0. The summed E-state index contributed by atoms with van der Waals surface area (Å²) in [5.74, 6) is 0.426. The van der Waals surface area contributed by atoms with Gasteiger partial charge in [-0.2, -0.15) is 0 Å². The first-order valence-electron chi connectivity index (χ1n) is 11.7. The molecule has 31 heavy (non-hydrogen) atoms. The Hall–Kier alpha value is -2.18. The summed E-state index contributed by atoms with van der Waals surface area (Å²) in [6, 6.07) is 9.80. The molecule has 0 aromatic heterocycles. The lowest BCUT2D eigenvalue weighted by molar-refractivity contribution is -0.137. The third-order valence-electron chi connectivity index (χ3n) is 6.54. The number of rotatable bonds is 13. The zero-order valence-corrected chi connectivity index (χ0v) is 18.5. The van der Waals surface area contributed by atoms with Crippen molar-refractivity contribution in [2.45, 2.75) is 64.1 Å². The van der Waals surface area contributed by atoms with E-state index in [1.807, 2.05) is 42.2 Å². The summed E-state index contributed by atoms with van der Waals surface area (Å²) in [6.07, 6.45) is 11.1. The SMILES string of the molecule is CCN(C(=O)CNCC[C@H]1[C@@H](CC=CCCCC(=O)O)[C@H]2CC[C@@H]1O2)c1ccccc1. The molecule has 2 aliphatic rings. The summed E-state index contributed by atoms with van der Waals surface area (Å²) in [6.45, 7) is 3.82. The fourth-order valence-electron chi connectivity index (χ4n) is 5.01. The minimum absolute atomic E-state index is 0.0961. The molecule has 1 aromatic carbocycles. The number of unbranched alkanes of at least 4 members (excludes halogenated alkanes) is 1. The number of likely N-dealkylation sites (N-methyl/N-ethyl adjacent to an activating group) is 1. The van der Waals surface area contributed by atoms with Crippen molar-refractivity contribution in [1.29, 1.82) is 0 Å². The molecule has 170 valence electrons. The minimum Gasteiger partial charge on any atom is -0.481 e. The first-order chi connectivity index (χ1) is 15.1. The van der Waals surface area contributed by atoms with Crippen molar-refractivity contribution in [3.05, 3.63) is 42.5 Å². The van der Waals surface area contributed by atoms with Crippen molar-refractivity contribution in [3.8, 4) is 0 Å². The Labute approximate surface area is 185 Å². The smallest absolute Gasteiger partial charge is 0.303 e. The number of allylic oxidation sites excluding steroid dienone is 2. The molecule has 4 atom stereocenters. The van der Waals surface area contributed by atoms with Crippen LogP contribution in [0.3, 0.4) is 0 Å². The number of hydrogen-bond acceptors (Lipinski definition) is 4. The molecule has 0 aliphatic carbocycles. The Morgan fingerprint density at radius 3 is 2.61 bits per heavy atom. The topological polar surface area (TPSA) is 78.9 Å². The number of carboxylic acid groups (broad SMARTS) is 1. The third kappa shape index (κ3) is 6.65. The highest BCUT2D eigenvalue weighted by atomic mass is 16.5. The molecule has 0 saturated carbocycles. The monoisotopic (exact) mass is 428 g/mol. The number of amides is 1. The van der Waals surface area contributed by atoms with Crippen LogP contribution in [0.1, 0.15) is 51.9 Å². The predicted octanol–water partition coefficient (Wildman–Crippen LogP) is 4.01. The minimum atomic E-state index is -0.730. The van der Waals surface area contributed by atoms with Gasteiger partial charge in [0.15, 0.2) is 0 Å².